The van der Waals surface area contributed by atoms with Crippen LogP contribution >= 0.6 is 35.3 Å². The van der Waals surface area contributed by atoms with E-state index in [4.69, 9.17) is 17.3 Å². The summed E-state index contributed by atoms with van der Waals surface area (Å²) in [5, 5.41) is 11.1. The minimum atomic E-state index is -0.907. The van der Waals surface area contributed by atoms with Crippen LogP contribution in [0.2, 0.25) is 0 Å². The molecule has 1 aromatic carbocycles. The van der Waals surface area contributed by atoms with Gasteiger partial charge in [0.25, 0.3) is 5.91 Å². The third-order valence-corrected chi connectivity index (χ3v) is 6.83. The molecule has 0 bridgehead atoms. The number of anilines is 2. The number of carboxylic acids is 1. The molecule has 0 atom stereocenters. The number of nitrogens with zero attached hydrogens (tertiary/aromatic N) is 3. The molecule has 3 rings (SSSR count). The van der Waals surface area contributed by atoms with Crippen molar-refractivity contribution in [3.8, 4) is 0 Å². The van der Waals surface area contributed by atoms with Crippen molar-refractivity contribution >= 4 is 74.3 Å². The van der Waals surface area contributed by atoms with E-state index >= 15 is 0 Å². The molecule has 0 spiro atoms. The lowest BCUT2D eigenvalue weighted by Gasteiger charge is -2.22. The molecule has 1 aliphatic heterocycles. The SMILES string of the molecule is CC(=O)N(c1nc(/C=C2/SC(=S)N(CCCC(=O)O)C2=O)cs1)c1c(C)cccc1C. The Hall–Kier alpha value is -2.56. The van der Waals surface area contributed by atoms with Crippen molar-refractivity contribution < 1.29 is 19.5 Å². The second kappa shape index (κ2) is 9.71. The molecule has 7 nitrogen and oxygen atoms in total. The number of thiocarbonyl (C=S) groups is 1. The summed E-state index contributed by atoms with van der Waals surface area (Å²) in [4.78, 5) is 43.8. The molecule has 1 saturated heterocycles. The van der Waals surface area contributed by atoms with Gasteiger partial charge in [-0.15, -0.1) is 11.3 Å². The predicted molar refractivity (Wildman–Crippen MR) is 128 cm³/mol. The van der Waals surface area contributed by atoms with Gasteiger partial charge < -0.3 is 5.11 Å². The monoisotopic (exact) mass is 475 g/mol. The normalized spacial score (nSPS) is 15.1. The number of thiazole rings is 1. The molecular weight excluding hydrogens is 454 g/mol. The fourth-order valence-electron chi connectivity index (χ4n) is 3.21. The van der Waals surface area contributed by atoms with Gasteiger partial charge in [-0.05, 0) is 37.5 Å². The van der Waals surface area contributed by atoms with Crippen molar-refractivity contribution in [3.63, 3.8) is 0 Å². The number of para-hydroxylation sites is 1. The number of carbonyl (C=O) groups excluding carboxylic acids is 2. The van der Waals surface area contributed by atoms with Gasteiger partial charge in [0.2, 0.25) is 5.91 Å². The van der Waals surface area contributed by atoms with Gasteiger partial charge in [0.1, 0.15) is 4.32 Å². The summed E-state index contributed by atoms with van der Waals surface area (Å²) in [5.41, 5.74) is 3.30. The number of amides is 2. The quantitative estimate of drug-likeness (QED) is 0.465. The third-order valence-electron chi connectivity index (χ3n) is 4.60. The molecule has 1 fully saturated rings. The van der Waals surface area contributed by atoms with Crippen LogP contribution in [-0.4, -0.2) is 43.6 Å². The predicted octanol–water partition coefficient (Wildman–Crippen LogP) is 4.51. The molecule has 10 heteroatoms. The first-order valence-electron chi connectivity index (χ1n) is 9.48. The summed E-state index contributed by atoms with van der Waals surface area (Å²) in [6, 6.07) is 5.84. The average Bonchev–Trinajstić information content (AvgIpc) is 3.24. The molecule has 2 amide bonds. The molecule has 31 heavy (non-hydrogen) atoms. The number of aryl methyl sites for hydroxylation is 2. The Morgan fingerprint density at radius 1 is 1.29 bits per heavy atom. The number of hydrogen-bond donors (Lipinski definition) is 1. The Kier molecular flexibility index (Phi) is 7.24. The standard InChI is InChI=1S/C21H21N3O4S3/c1-12-6-4-7-13(2)18(12)24(14(3)25)20-22-15(11-30-20)10-16-19(28)23(21(29)31-16)9-5-8-17(26)27/h4,6-7,10-11H,5,8-9H2,1-3H3,(H,26,27)/b16-10+. The largest absolute Gasteiger partial charge is 0.481 e. The lowest BCUT2D eigenvalue weighted by molar-refractivity contribution is -0.137. The van der Waals surface area contributed by atoms with Gasteiger partial charge in [-0.2, -0.15) is 0 Å². The fraction of sp³-hybridized carbons (Fsp3) is 0.286. The van der Waals surface area contributed by atoms with E-state index in [2.05, 4.69) is 4.98 Å². The highest BCUT2D eigenvalue weighted by Crippen LogP contribution is 2.36. The summed E-state index contributed by atoms with van der Waals surface area (Å²) in [7, 11) is 0. The van der Waals surface area contributed by atoms with Gasteiger partial charge in [-0.3, -0.25) is 24.2 Å². The summed E-state index contributed by atoms with van der Waals surface area (Å²) < 4.78 is 0.401. The summed E-state index contributed by atoms with van der Waals surface area (Å²) in [6.45, 7) is 5.65. The zero-order valence-corrected chi connectivity index (χ0v) is 19.7. The number of thioether (sulfide) groups is 1. The first kappa shape index (κ1) is 23.1. The zero-order valence-electron chi connectivity index (χ0n) is 17.2. The molecule has 2 aromatic rings. The van der Waals surface area contributed by atoms with Gasteiger partial charge in [0, 0.05) is 25.3 Å². The highest BCUT2D eigenvalue weighted by atomic mass is 32.2. The smallest absolute Gasteiger partial charge is 0.303 e. The topological polar surface area (TPSA) is 90.8 Å². The lowest BCUT2D eigenvalue weighted by atomic mass is 10.1. The van der Waals surface area contributed by atoms with Crippen molar-refractivity contribution in [1.29, 1.82) is 0 Å². The Morgan fingerprint density at radius 2 is 1.97 bits per heavy atom. The van der Waals surface area contributed by atoms with Crippen LogP contribution in [0.3, 0.4) is 0 Å². The molecule has 162 valence electrons. The van der Waals surface area contributed by atoms with Crippen LogP contribution in [0.4, 0.5) is 10.8 Å². The summed E-state index contributed by atoms with van der Waals surface area (Å²) in [6.07, 6.45) is 1.96. The van der Waals surface area contributed by atoms with Crippen molar-refractivity contribution in [2.75, 3.05) is 11.4 Å². The first-order valence-corrected chi connectivity index (χ1v) is 11.6. The van der Waals surface area contributed by atoms with E-state index in [0.29, 0.717) is 26.5 Å². The molecular formula is C21H21N3O4S3. The van der Waals surface area contributed by atoms with E-state index in [9.17, 15) is 14.4 Å². The number of rotatable bonds is 7. The second-order valence-corrected chi connectivity index (χ2v) is 9.49. The van der Waals surface area contributed by atoms with Gasteiger partial charge >= 0.3 is 5.97 Å². The Morgan fingerprint density at radius 3 is 2.58 bits per heavy atom. The van der Waals surface area contributed by atoms with Crippen LogP contribution in [0.25, 0.3) is 6.08 Å². The Balaban J connectivity index is 1.84. The van der Waals surface area contributed by atoms with Crippen LogP contribution in [0, 0.1) is 13.8 Å². The van der Waals surface area contributed by atoms with Gasteiger partial charge in [0.05, 0.1) is 16.3 Å². The molecule has 1 aliphatic rings. The third kappa shape index (κ3) is 5.20. The molecule has 2 heterocycles. The molecule has 1 aromatic heterocycles. The second-order valence-electron chi connectivity index (χ2n) is 6.98. The Bertz CT molecular complexity index is 1070. The van der Waals surface area contributed by atoms with E-state index in [0.717, 1.165) is 16.8 Å². The highest BCUT2D eigenvalue weighted by Gasteiger charge is 2.32. The number of carbonyl (C=O) groups is 3. The van der Waals surface area contributed by atoms with E-state index in [-0.39, 0.29) is 24.8 Å². The fourth-order valence-corrected chi connectivity index (χ4v) is 5.33. The average molecular weight is 476 g/mol. The highest BCUT2D eigenvalue weighted by molar-refractivity contribution is 8.26. The molecule has 0 aliphatic carbocycles. The molecule has 0 unspecified atom stereocenters. The van der Waals surface area contributed by atoms with E-state index < -0.39 is 5.97 Å². The number of benzene rings is 1. The summed E-state index contributed by atoms with van der Waals surface area (Å²) in [5.74, 6) is -1.31. The van der Waals surface area contributed by atoms with Gasteiger partial charge in [-0.1, -0.05) is 42.2 Å². The van der Waals surface area contributed by atoms with Crippen LogP contribution < -0.4 is 4.90 Å². The van der Waals surface area contributed by atoms with Crippen molar-refractivity contribution in [2.24, 2.45) is 0 Å². The first-order chi connectivity index (χ1) is 14.7. The minimum absolute atomic E-state index is 0.0231. The van der Waals surface area contributed by atoms with Crippen molar-refractivity contribution in [3.05, 3.63) is 45.3 Å². The minimum Gasteiger partial charge on any atom is -0.481 e. The van der Waals surface area contributed by atoms with Crippen molar-refractivity contribution in [2.45, 2.75) is 33.6 Å². The number of aliphatic carboxylic acids is 1. The molecule has 1 N–H and O–H groups in total. The van der Waals surface area contributed by atoms with Crippen LogP contribution in [-0.2, 0) is 14.4 Å². The number of carboxylic acid groups (broad SMARTS) is 1. The zero-order chi connectivity index (χ0) is 22.7. The molecule has 0 saturated carbocycles. The van der Waals surface area contributed by atoms with Gasteiger partial charge in [-0.25, -0.2) is 4.98 Å². The maximum absolute atomic E-state index is 12.7. The Labute approximate surface area is 193 Å². The van der Waals surface area contributed by atoms with Crippen LogP contribution in [0.1, 0.15) is 36.6 Å². The van der Waals surface area contributed by atoms with Crippen molar-refractivity contribution in [1.82, 2.24) is 9.88 Å². The van der Waals surface area contributed by atoms with Crippen LogP contribution in [0.5, 0.6) is 0 Å². The van der Waals surface area contributed by atoms with E-state index in [1.807, 2.05) is 32.0 Å². The van der Waals surface area contributed by atoms with E-state index in [1.54, 1.807) is 16.4 Å². The maximum Gasteiger partial charge on any atom is 0.303 e. The number of hydrogen-bond acceptors (Lipinski definition) is 7. The number of aromatic nitrogens is 1. The van der Waals surface area contributed by atoms with Gasteiger partial charge in [0.15, 0.2) is 5.13 Å². The lowest BCUT2D eigenvalue weighted by Crippen LogP contribution is -2.29. The summed E-state index contributed by atoms with van der Waals surface area (Å²) >= 11 is 7.76. The van der Waals surface area contributed by atoms with E-state index in [1.165, 1.54) is 34.9 Å². The maximum atomic E-state index is 12.7. The molecule has 0 radical (unpaired) electrons. The van der Waals surface area contributed by atoms with Crippen LogP contribution in [0.15, 0.2) is 28.5 Å².